The normalized spacial score (nSPS) is 20.6. The van der Waals surface area contributed by atoms with Gasteiger partial charge in [0.1, 0.15) is 0 Å². The van der Waals surface area contributed by atoms with E-state index in [-0.39, 0.29) is 17.8 Å². The maximum atomic E-state index is 12.3. The van der Waals surface area contributed by atoms with E-state index in [1.807, 2.05) is 0 Å². The summed E-state index contributed by atoms with van der Waals surface area (Å²) < 4.78 is 28.4. The molecule has 1 atom stereocenters. The lowest BCUT2D eigenvalue weighted by atomic mass is 9.84. The number of hydrogen-bond donors (Lipinski definition) is 3. The zero-order chi connectivity index (χ0) is 15.3. The third-order valence-electron chi connectivity index (χ3n) is 3.94. The highest BCUT2D eigenvalue weighted by atomic mass is 32.2. The molecule has 0 aliphatic heterocycles. The van der Waals surface area contributed by atoms with Gasteiger partial charge < -0.3 is 10.9 Å². The van der Waals surface area contributed by atoms with Crippen molar-refractivity contribution in [2.45, 2.75) is 58.0 Å². The smallest absolute Gasteiger partial charge is 0.280 e. The van der Waals surface area contributed by atoms with Crippen LogP contribution in [0.25, 0.3) is 0 Å². The topological polar surface area (TPSA) is 108 Å². The van der Waals surface area contributed by atoms with Crippen LogP contribution in [0.4, 0.5) is 0 Å². The van der Waals surface area contributed by atoms with Crippen molar-refractivity contribution >= 4 is 16.0 Å². The Kier molecular flexibility index (Phi) is 6.22. The summed E-state index contributed by atoms with van der Waals surface area (Å²) in [7, 11) is -2.14. The molecule has 0 radical (unpaired) electrons. The summed E-state index contributed by atoms with van der Waals surface area (Å²) in [5.74, 6) is 0.00705. The molecule has 0 saturated heterocycles. The summed E-state index contributed by atoms with van der Waals surface area (Å²) in [6, 6.07) is -0.807. The minimum absolute atomic E-state index is 0.0716. The van der Waals surface area contributed by atoms with Gasteiger partial charge in [-0.3, -0.25) is 0 Å². The Hall–Kier alpha value is -0.860. The van der Waals surface area contributed by atoms with E-state index in [2.05, 4.69) is 9.88 Å². The van der Waals surface area contributed by atoms with Crippen LogP contribution in [0.15, 0.2) is 5.16 Å². The maximum Gasteiger partial charge on any atom is 0.280 e. The van der Waals surface area contributed by atoms with Crippen molar-refractivity contribution in [3.8, 4) is 0 Å². The van der Waals surface area contributed by atoms with E-state index >= 15 is 0 Å². The molecule has 4 N–H and O–H groups in total. The van der Waals surface area contributed by atoms with Crippen LogP contribution in [0.2, 0.25) is 0 Å². The third kappa shape index (κ3) is 4.32. The van der Waals surface area contributed by atoms with Gasteiger partial charge in [0.05, 0.1) is 6.04 Å². The van der Waals surface area contributed by atoms with Crippen LogP contribution in [0.5, 0.6) is 0 Å². The molecule has 0 aromatic heterocycles. The Balaban J connectivity index is 2.90. The molecule has 8 heteroatoms. The van der Waals surface area contributed by atoms with Crippen molar-refractivity contribution < 1.29 is 13.6 Å². The molecule has 1 saturated carbocycles. The number of hydrogen-bond acceptors (Lipinski definition) is 4. The van der Waals surface area contributed by atoms with E-state index in [1.54, 1.807) is 13.8 Å². The first-order valence-corrected chi connectivity index (χ1v) is 8.46. The van der Waals surface area contributed by atoms with Gasteiger partial charge in [-0.2, -0.15) is 17.4 Å². The summed E-state index contributed by atoms with van der Waals surface area (Å²) in [6.45, 7) is 3.58. The third-order valence-corrected chi connectivity index (χ3v) is 5.67. The second kappa shape index (κ2) is 7.24. The van der Waals surface area contributed by atoms with Gasteiger partial charge in [0.25, 0.3) is 10.2 Å². The molecule has 0 aromatic rings. The Morgan fingerprint density at radius 3 is 2.35 bits per heavy atom. The molecule has 1 fully saturated rings. The first kappa shape index (κ1) is 17.2. The maximum absolute atomic E-state index is 12.3. The van der Waals surface area contributed by atoms with Crippen LogP contribution >= 0.6 is 0 Å². The monoisotopic (exact) mass is 306 g/mol. The fourth-order valence-electron chi connectivity index (χ4n) is 2.45. The number of nitrogens with zero attached hydrogens (tertiary/aromatic N) is 2. The largest absolute Gasteiger partial charge is 0.409 e. The standard InChI is InChI=1S/C12H26N4O3S/c1-9(2)16(3)20(18,19)15-11(12(13)14-17)10-7-5-4-6-8-10/h9-11,15,17H,4-8H2,1-3H3,(H2,13,14). The Bertz CT molecular complexity index is 430. The van der Waals surface area contributed by atoms with Gasteiger partial charge in [-0.05, 0) is 32.6 Å². The highest BCUT2D eigenvalue weighted by molar-refractivity contribution is 7.87. The van der Waals surface area contributed by atoms with Crippen LogP contribution in [0, 0.1) is 5.92 Å². The molecule has 0 heterocycles. The van der Waals surface area contributed by atoms with Crippen LogP contribution < -0.4 is 10.5 Å². The average Bonchev–Trinajstić information content (AvgIpc) is 2.44. The highest BCUT2D eigenvalue weighted by Gasteiger charge is 2.32. The lowest BCUT2D eigenvalue weighted by Crippen LogP contribution is -2.54. The van der Waals surface area contributed by atoms with Crippen molar-refractivity contribution in [3.63, 3.8) is 0 Å². The highest BCUT2D eigenvalue weighted by Crippen LogP contribution is 2.27. The molecule has 1 rings (SSSR count). The van der Waals surface area contributed by atoms with Crippen molar-refractivity contribution in [3.05, 3.63) is 0 Å². The van der Waals surface area contributed by atoms with Gasteiger partial charge in [-0.25, -0.2) is 0 Å². The van der Waals surface area contributed by atoms with Gasteiger partial charge in [0.2, 0.25) is 0 Å². The number of nitrogens with two attached hydrogens (primary N) is 1. The van der Waals surface area contributed by atoms with E-state index in [0.29, 0.717) is 0 Å². The first-order chi connectivity index (χ1) is 9.29. The van der Waals surface area contributed by atoms with Crippen molar-refractivity contribution in [2.24, 2.45) is 16.8 Å². The number of oxime groups is 1. The Morgan fingerprint density at radius 1 is 1.35 bits per heavy atom. The molecule has 118 valence electrons. The summed E-state index contributed by atoms with van der Waals surface area (Å²) >= 11 is 0. The summed E-state index contributed by atoms with van der Waals surface area (Å²) in [6.07, 6.45) is 5.00. The van der Waals surface area contributed by atoms with Gasteiger partial charge in [0, 0.05) is 13.1 Å². The SMILES string of the molecule is CC(C)N(C)S(=O)(=O)NC(C(N)=NO)C1CCCCC1. The van der Waals surface area contributed by atoms with Crippen LogP contribution in [-0.4, -0.2) is 42.9 Å². The van der Waals surface area contributed by atoms with Gasteiger partial charge in [-0.1, -0.05) is 24.4 Å². The molecule has 1 unspecified atom stereocenters. The van der Waals surface area contributed by atoms with Crippen LogP contribution in [0.3, 0.4) is 0 Å². The van der Waals surface area contributed by atoms with E-state index in [1.165, 1.54) is 11.4 Å². The fourth-order valence-corrected chi connectivity index (χ4v) is 3.80. The van der Waals surface area contributed by atoms with Crippen molar-refractivity contribution in [2.75, 3.05) is 7.05 Å². The predicted octanol–water partition coefficient (Wildman–Crippen LogP) is 0.856. The van der Waals surface area contributed by atoms with E-state index in [4.69, 9.17) is 10.9 Å². The molecule has 0 spiro atoms. The summed E-state index contributed by atoms with van der Waals surface area (Å²) in [4.78, 5) is 0. The molecule has 1 aliphatic carbocycles. The Labute approximate surface area is 121 Å². The van der Waals surface area contributed by atoms with Gasteiger partial charge in [-0.15, -0.1) is 0 Å². The molecular weight excluding hydrogens is 280 g/mol. The van der Waals surface area contributed by atoms with Crippen LogP contribution in [0.1, 0.15) is 46.0 Å². The van der Waals surface area contributed by atoms with Crippen molar-refractivity contribution in [1.29, 1.82) is 0 Å². The molecule has 1 aliphatic rings. The second-order valence-corrected chi connectivity index (χ2v) is 7.40. The quantitative estimate of drug-likeness (QED) is 0.293. The lowest BCUT2D eigenvalue weighted by molar-refractivity contribution is 0.295. The average molecular weight is 306 g/mol. The summed E-state index contributed by atoms with van der Waals surface area (Å²) in [5, 5.41) is 11.9. The lowest BCUT2D eigenvalue weighted by Gasteiger charge is -2.31. The minimum Gasteiger partial charge on any atom is -0.409 e. The predicted molar refractivity (Wildman–Crippen MR) is 78.7 cm³/mol. The molecular formula is C12H26N4O3S. The number of amidine groups is 1. The number of nitrogens with one attached hydrogen (secondary N) is 1. The molecule has 0 aromatic carbocycles. The first-order valence-electron chi connectivity index (χ1n) is 7.02. The zero-order valence-corrected chi connectivity index (χ0v) is 13.2. The van der Waals surface area contributed by atoms with Gasteiger partial charge >= 0.3 is 0 Å². The Morgan fingerprint density at radius 2 is 1.90 bits per heavy atom. The van der Waals surface area contributed by atoms with E-state index < -0.39 is 16.3 Å². The molecule has 7 nitrogen and oxygen atoms in total. The van der Waals surface area contributed by atoms with Gasteiger partial charge in [0.15, 0.2) is 5.84 Å². The number of rotatable bonds is 6. The second-order valence-electron chi connectivity index (χ2n) is 5.63. The fraction of sp³-hybridized carbons (Fsp3) is 0.917. The minimum atomic E-state index is -3.65. The zero-order valence-electron chi connectivity index (χ0n) is 12.4. The van der Waals surface area contributed by atoms with E-state index in [0.717, 1.165) is 32.1 Å². The molecule has 0 amide bonds. The molecule has 20 heavy (non-hydrogen) atoms. The molecule has 0 bridgehead atoms. The van der Waals surface area contributed by atoms with E-state index in [9.17, 15) is 8.42 Å². The van der Waals surface area contributed by atoms with Crippen LogP contribution in [-0.2, 0) is 10.2 Å². The van der Waals surface area contributed by atoms with Crippen molar-refractivity contribution in [1.82, 2.24) is 9.03 Å². The summed E-state index contributed by atoms with van der Waals surface area (Å²) in [5.41, 5.74) is 5.69.